The van der Waals surface area contributed by atoms with Gasteiger partial charge in [-0.2, -0.15) is 0 Å². The van der Waals surface area contributed by atoms with Gasteiger partial charge in [0.1, 0.15) is 0 Å². The first kappa shape index (κ1) is 14.8. The first-order valence-electron chi connectivity index (χ1n) is 7.08. The summed E-state index contributed by atoms with van der Waals surface area (Å²) in [6.07, 6.45) is 1.21. The van der Waals surface area contributed by atoms with E-state index in [0.29, 0.717) is 6.04 Å². The van der Waals surface area contributed by atoms with E-state index in [4.69, 9.17) is 0 Å². The van der Waals surface area contributed by atoms with Crippen LogP contribution < -0.4 is 10.2 Å². The van der Waals surface area contributed by atoms with Crippen molar-refractivity contribution in [3.63, 3.8) is 0 Å². The van der Waals surface area contributed by atoms with Crippen LogP contribution in [0.3, 0.4) is 0 Å². The lowest BCUT2D eigenvalue weighted by Crippen LogP contribution is -2.48. The van der Waals surface area contributed by atoms with E-state index in [1.165, 1.54) is 25.2 Å². The highest BCUT2D eigenvalue weighted by molar-refractivity contribution is 9.10. The molecular formula is C15H24BrN3. The monoisotopic (exact) mass is 325 g/mol. The van der Waals surface area contributed by atoms with Gasteiger partial charge in [0.15, 0.2) is 0 Å². The van der Waals surface area contributed by atoms with E-state index in [-0.39, 0.29) is 0 Å². The molecule has 1 aromatic carbocycles. The van der Waals surface area contributed by atoms with Crippen molar-refractivity contribution in [1.29, 1.82) is 0 Å². The van der Waals surface area contributed by atoms with Gasteiger partial charge in [-0.05, 0) is 31.5 Å². The zero-order valence-electron chi connectivity index (χ0n) is 11.9. The molecule has 0 radical (unpaired) electrons. The van der Waals surface area contributed by atoms with Crippen LogP contribution in [-0.2, 0) is 0 Å². The Labute approximate surface area is 125 Å². The molecule has 1 fully saturated rings. The Balaban J connectivity index is 1.80. The summed E-state index contributed by atoms with van der Waals surface area (Å²) in [7, 11) is 2.17. The van der Waals surface area contributed by atoms with Gasteiger partial charge in [-0.25, -0.2) is 0 Å². The minimum Gasteiger partial charge on any atom is -0.375 e. The highest BCUT2D eigenvalue weighted by Crippen LogP contribution is 2.19. The summed E-state index contributed by atoms with van der Waals surface area (Å²) < 4.78 is 1.15. The Morgan fingerprint density at radius 2 is 2.11 bits per heavy atom. The predicted molar refractivity (Wildman–Crippen MR) is 85.9 cm³/mol. The summed E-state index contributed by atoms with van der Waals surface area (Å²) >= 11 is 3.53. The van der Waals surface area contributed by atoms with Crippen molar-refractivity contribution in [2.24, 2.45) is 0 Å². The van der Waals surface area contributed by atoms with Crippen molar-refractivity contribution < 1.29 is 0 Å². The third-order valence-corrected chi connectivity index (χ3v) is 4.40. The van der Waals surface area contributed by atoms with Crippen LogP contribution in [0.4, 0.5) is 5.69 Å². The van der Waals surface area contributed by atoms with Gasteiger partial charge in [-0.3, -0.25) is 4.90 Å². The fraction of sp³-hybridized carbons (Fsp3) is 0.600. The topological polar surface area (TPSA) is 18.5 Å². The van der Waals surface area contributed by atoms with Gasteiger partial charge in [0.2, 0.25) is 0 Å². The van der Waals surface area contributed by atoms with Crippen LogP contribution in [-0.4, -0.2) is 50.7 Å². The summed E-state index contributed by atoms with van der Waals surface area (Å²) in [6.45, 7) is 8.07. The zero-order valence-corrected chi connectivity index (χ0v) is 13.5. The molecule has 1 aliphatic rings. The van der Waals surface area contributed by atoms with Gasteiger partial charge in [-0.15, -0.1) is 0 Å². The van der Waals surface area contributed by atoms with Crippen molar-refractivity contribution in [2.45, 2.75) is 19.4 Å². The summed E-state index contributed by atoms with van der Waals surface area (Å²) in [5, 5.41) is 3.41. The zero-order chi connectivity index (χ0) is 13.7. The second kappa shape index (κ2) is 7.27. The molecule has 0 aliphatic carbocycles. The van der Waals surface area contributed by atoms with Gasteiger partial charge >= 0.3 is 0 Å². The SMILES string of the molecule is CC(CCN(C)c1cccc(Br)c1)N1CCNCC1. The Morgan fingerprint density at radius 3 is 2.79 bits per heavy atom. The first-order valence-corrected chi connectivity index (χ1v) is 7.87. The number of rotatable bonds is 5. The van der Waals surface area contributed by atoms with E-state index in [1.54, 1.807) is 0 Å². The fourth-order valence-corrected chi connectivity index (χ4v) is 2.92. The standard InChI is InChI=1S/C15H24BrN3/c1-13(19-10-7-17-8-11-19)6-9-18(2)15-5-3-4-14(16)12-15/h3-5,12-13,17H,6-11H2,1-2H3. The van der Waals surface area contributed by atoms with E-state index < -0.39 is 0 Å². The minimum atomic E-state index is 0.664. The van der Waals surface area contributed by atoms with Crippen molar-refractivity contribution in [3.8, 4) is 0 Å². The maximum atomic E-state index is 3.53. The molecule has 1 aromatic rings. The van der Waals surface area contributed by atoms with Crippen molar-refractivity contribution in [3.05, 3.63) is 28.7 Å². The van der Waals surface area contributed by atoms with Gasteiger partial charge in [0.25, 0.3) is 0 Å². The second-order valence-electron chi connectivity index (χ2n) is 5.33. The van der Waals surface area contributed by atoms with E-state index in [0.717, 1.165) is 24.1 Å². The first-order chi connectivity index (χ1) is 9.16. The molecule has 1 saturated heterocycles. The van der Waals surface area contributed by atoms with E-state index in [9.17, 15) is 0 Å². The average Bonchev–Trinajstić information content (AvgIpc) is 2.45. The molecule has 4 heteroatoms. The van der Waals surface area contributed by atoms with Gasteiger partial charge in [0, 0.05) is 56.0 Å². The molecule has 0 aromatic heterocycles. The quantitative estimate of drug-likeness (QED) is 0.897. The molecule has 2 rings (SSSR count). The lowest BCUT2D eigenvalue weighted by atomic mass is 10.1. The highest BCUT2D eigenvalue weighted by atomic mass is 79.9. The molecular weight excluding hydrogens is 302 g/mol. The third-order valence-electron chi connectivity index (χ3n) is 3.91. The van der Waals surface area contributed by atoms with Crippen LogP contribution in [0.5, 0.6) is 0 Å². The molecule has 19 heavy (non-hydrogen) atoms. The fourth-order valence-electron chi connectivity index (χ4n) is 2.53. The number of hydrogen-bond donors (Lipinski definition) is 1. The number of halogens is 1. The smallest absolute Gasteiger partial charge is 0.0374 e. The maximum Gasteiger partial charge on any atom is 0.0374 e. The lowest BCUT2D eigenvalue weighted by Gasteiger charge is -2.34. The van der Waals surface area contributed by atoms with Crippen molar-refractivity contribution in [1.82, 2.24) is 10.2 Å². The van der Waals surface area contributed by atoms with Gasteiger partial charge < -0.3 is 10.2 Å². The molecule has 0 saturated carbocycles. The minimum absolute atomic E-state index is 0.664. The van der Waals surface area contributed by atoms with Gasteiger partial charge in [-0.1, -0.05) is 22.0 Å². The number of hydrogen-bond acceptors (Lipinski definition) is 3. The van der Waals surface area contributed by atoms with Crippen LogP contribution >= 0.6 is 15.9 Å². The Kier molecular flexibility index (Phi) is 5.67. The lowest BCUT2D eigenvalue weighted by molar-refractivity contribution is 0.178. The summed E-state index contributed by atoms with van der Waals surface area (Å²) in [6, 6.07) is 9.17. The average molecular weight is 326 g/mol. The Hall–Kier alpha value is -0.580. The van der Waals surface area contributed by atoms with E-state index in [2.05, 4.69) is 69.3 Å². The number of nitrogens with zero attached hydrogens (tertiary/aromatic N) is 2. The maximum absolute atomic E-state index is 3.53. The third kappa shape index (κ3) is 4.48. The predicted octanol–water partition coefficient (Wildman–Crippen LogP) is 2.57. The molecule has 1 heterocycles. The van der Waals surface area contributed by atoms with Crippen LogP contribution in [0.15, 0.2) is 28.7 Å². The molecule has 0 amide bonds. The number of anilines is 1. The number of nitrogens with one attached hydrogen (secondary N) is 1. The molecule has 3 nitrogen and oxygen atoms in total. The summed E-state index contributed by atoms with van der Waals surface area (Å²) in [4.78, 5) is 4.93. The van der Waals surface area contributed by atoms with E-state index in [1.807, 2.05) is 0 Å². The molecule has 1 N–H and O–H groups in total. The van der Waals surface area contributed by atoms with Crippen LogP contribution in [0.1, 0.15) is 13.3 Å². The van der Waals surface area contributed by atoms with Gasteiger partial charge in [0.05, 0.1) is 0 Å². The Bertz CT molecular complexity index is 391. The van der Waals surface area contributed by atoms with Crippen molar-refractivity contribution in [2.75, 3.05) is 44.7 Å². The van der Waals surface area contributed by atoms with Crippen molar-refractivity contribution >= 4 is 21.6 Å². The highest BCUT2D eigenvalue weighted by Gasteiger charge is 2.16. The van der Waals surface area contributed by atoms with Crippen LogP contribution in [0.25, 0.3) is 0 Å². The van der Waals surface area contributed by atoms with E-state index >= 15 is 0 Å². The normalized spacial score (nSPS) is 18.3. The van der Waals surface area contributed by atoms with Crippen LogP contribution in [0, 0.1) is 0 Å². The molecule has 106 valence electrons. The largest absolute Gasteiger partial charge is 0.375 e. The number of piperazine rings is 1. The summed E-state index contributed by atoms with van der Waals surface area (Å²) in [5.74, 6) is 0. The molecule has 0 bridgehead atoms. The van der Waals surface area contributed by atoms with Crippen LogP contribution in [0.2, 0.25) is 0 Å². The molecule has 0 spiro atoms. The molecule has 1 unspecified atom stereocenters. The summed E-state index contributed by atoms with van der Waals surface area (Å²) in [5.41, 5.74) is 1.28. The number of benzene rings is 1. The second-order valence-corrected chi connectivity index (χ2v) is 6.24. The molecule has 1 aliphatic heterocycles. The Morgan fingerprint density at radius 1 is 1.37 bits per heavy atom. The molecule has 1 atom stereocenters.